The highest BCUT2D eigenvalue weighted by Gasteiger charge is 2.07. The maximum absolute atomic E-state index is 11.4. The van der Waals surface area contributed by atoms with Crippen LogP contribution in [-0.4, -0.2) is 30.7 Å². The van der Waals surface area contributed by atoms with Gasteiger partial charge < -0.3 is 20.5 Å². The number of rotatable bonds is 9. The van der Waals surface area contributed by atoms with Crippen molar-refractivity contribution < 1.29 is 14.6 Å². The van der Waals surface area contributed by atoms with E-state index in [1.165, 1.54) is 0 Å². The molecule has 0 aliphatic rings. The predicted octanol–water partition coefficient (Wildman–Crippen LogP) is 1.80. The Morgan fingerprint density at radius 3 is 2.80 bits per heavy atom. The molecule has 0 spiro atoms. The maximum atomic E-state index is 11.4. The fraction of sp³-hybridized carbons (Fsp3) is 0.533. The zero-order chi connectivity index (χ0) is 14.8. The first-order valence-corrected chi connectivity index (χ1v) is 7.10. The van der Waals surface area contributed by atoms with Crippen molar-refractivity contribution in [1.82, 2.24) is 10.6 Å². The molecule has 112 valence electrons. The first kappa shape index (κ1) is 16.3. The standard InChI is InChI=1S/C15H24N2O3/c1-3-9-17-14(18)8-10-16-11-12-6-5-7-13(15(12)19)20-4-2/h5-7,16,19H,3-4,8-11H2,1-2H3,(H,17,18). The van der Waals surface area contributed by atoms with Gasteiger partial charge in [0.05, 0.1) is 6.61 Å². The van der Waals surface area contributed by atoms with Crippen LogP contribution in [0.5, 0.6) is 11.5 Å². The van der Waals surface area contributed by atoms with Gasteiger partial charge in [-0.05, 0) is 19.4 Å². The minimum atomic E-state index is 0.0478. The van der Waals surface area contributed by atoms with Crippen LogP contribution in [0, 0.1) is 0 Å². The van der Waals surface area contributed by atoms with Crippen LogP contribution in [0.1, 0.15) is 32.3 Å². The molecule has 0 radical (unpaired) electrons. The molecular weight excluding hydrogens is 256 g/mol. The van der Waals surface area contributed by atoms with Crippen molar-refractivity contribution >= 4 is 5.91 Å². The zero-order valence-corrected chi connectivity index (χ0v) is 12.2. The largest absolute Gasteiger partial charge is 0.504 e. The summed E-state index contributed by atoms with van der Waals surface area (Å²) in [5.41, 5.74) is 0.768. The number of amides is 1. The van der Waals surface area contributed by atoms with Crippen molar-refractivity contribution in [3.63, 3.8) is 0 Å². The van der Waals surface area contributed by atoms with Crippen LogP contribution < -0.4 is 15.4 Å². The minimum absolute atomic E-state index is 0.0478. The molecule has 0 atom stereocenters. The van der Waals surface area contributed by atoms with Gasteiger partial charge in [-0.2, -0.15) is 0 Å². The van der Waals surface area contributed by atoms with E-state index in [-0.39, 0.29) is 11.7 Å². The molecule has 0 aromatic heterocycles. The van der Waals surface area contributed by atoms with Crippen LogP contribution in [0.2, 0.25) is 0 Å². The zero-order valence-electron chi connectivity index (χ0n) is 12.2. The minimum Gasteiger partial charge on any atom is -0.504 e. The molecule has 5 nitrogen and oxygen atoms in total. The molecule has 0 saturated carbocycles. The fourth-order valence-electron chi connectivity index (χ4n) is 1.76. The van der Waals surface area contributed by atoms with Gasteiger partial charge in [-0.1, -0.05) is 19.1 Å². The Morgan fingerprint density at radius 2 is 2.10 bits per heavy atom. The number of hydrogen-bond donors (Lipinski definition) is 3. The highest BCUT2D eigenvalue weighted by molar-refractivity contribution is 5.75. The molecule has 0 heterocycles. The van der Waals surface area contributed by atoms with E-state index in [1.807, 2.05) is 26.0 Å². The highest BCUT2D eigenvalue weighted by Crippen LogP contribution is 2.29. The summed E-state index contributed by atoms with van der Waals surface area (Å²) >= 11 is 0. The van der Waals surface area contributed by atoms with Crippen LogP contribution >= 0.6 is 0 Å². The quantitative estimate of drug-likeness (QED) is 0.603. The second-order valence-corrected chi connectivity index (χ2v) is 4.47. The lowest BCUT2D eigenvalue weighted by Crippen LogP contribution is -2.28. The number of ether oxygens (including phenoxy) is 1. The molecule has 20 heavy (non-hydrogen) atoms. The lowest BCUT2D eigenvalue weighted by atomic mass is 10.2. The average Bonchev–Trinajstić information content (AvgIpc) is 2.45. The smallest absolute Gasteiger partial charge is 0.221 e. The number of phenolic OH excluding ortho intramolecular Hbond substituents is 1. The van der Waals surface area contributed by atoms with Gasteiger partial charge in [-0.25, -0.2) is 0 Å². The second kappa shape index (κ2) is 9.20. The van der Waals surface area contributed by atoms with Gasteiger partial charge in [0.25, 0.3) is 0 Å². The van der Waals surface area contributed by atoms with E-state index in [1.54, 1.807) is 6.07 Å². The third-order valence-electron chi connectivity index (χ3n) is 2.80. The second-order valence-electron chi connectivity index (χ2n) is 4.47. The van der Waals surface area contributed by atoms with Crippen LogP contribution in [0.15, 0.2) is 18.2 Å². The molecule has 0 aliphatic heterocycles. The van der Waals surface area contributed by atoms with Gasteiger partial charge in [0, 0.05) is 31.6 Å². The Morgan fingerprint density at radius 1 is 1.30 bits per heavy atom. The number of nitrogens with one attached hydrogen (secondary N) is 2. The monoisotopic (exact) mass is 280 g/mol. The van der Waals surface area contributed by atoms with E-state index in [9.17, 15) is 9.90 Å². The van der Waals surface area contributed by atoms with Crippen molar-refractivity contribution in [2.24, 2.45) is 0 Å². The first-order chi connectivity index (χ1) is 9.69. The third kappa shape index (κ3) is 5.48. The van der Waals surface area contributed by atoms with Crippen LogP contribution in [-0.2, 0) is 11.3 Å². The summed E-state index contributed by atoms with van der Waals surface area (Å²) in [5.74, 6) is 0.705. The average molecular weight is 280 g/mol. The first-order valence-electron chi connectivity index (χ1n) is 7.10. The summed E-state index contributed by atoms with van der Waals surface area (Å²) in [7, 11) is 0. The van der Waals surface area contributed by atoms with E-state index in [0.29, 0.717) is 31.9 Å². The molecule has 0 unspecified atom stereocenters. The Labute approximate surface area is 120 Å². The van der Waals surface area contributed by atoms with Gasteiger partial charge in [0.1, 0.15) is 0 Å². The number of para-hydroxylation sites is 1. The lowest BCUT2D eigenvalue weighted by molar-refractivity contribution is -0.120. The maximum Gasteiger partial charge on any atom is 0.221 e. The molecule has 0 fully saturated rings. The summed E-state index contributed by atoms with van der Waals surface area (Å²) in [6.45, 7) is 6.21. The van der Waals surface area contributed by atoms with E-state index >= 15 is 0 Å². The number of benzene rings is 1. The number of hydrogen-bond acceptors (Lipinski definition) is 4. The van der Waals surface area contributed by atoms with Gasteiger partial charge in [0.15, 0.2) is 11.5 Å². The normalized spacial score (nSPS) is 10.3. The Bertz CT molecular complexity index is 422. The fourth-order valence-corrected chi connectivity index (χ4v) is 1.76. The van der Waals surface area contributed by atoms with E-state index in [0.717, 1.165) is 18.5 Å². The van der Waals surface area contributed by atoms with Crippen molar-refractivity contribution in [1.29, 1.82) is 0 Å². The van der Waals surface area contributed by atoms with Gasteiger partial charge >= 0.3 is 0 Å². The van der Waals surface area contributed by atoms with Crippen LogP contribution in [0.3, 0.4) is 0 Å². The number of carbonyl (C=O) groups excluding carboxylic acids is 1. The predicted molar refractivity (Wildman–Crippen MR) is 78.9 cm³/mol. The molecule has 1 aromatic carbocycles. The van der Waals surface area contributed by atoms with E-state index in [2.05, 4.69) is 10.6 Å². The number of aromatic hydroxyl groups is 1. The summed E-state index contributed by atoms with van der Waals surface area (Å²) in [4.78, 5) is 11.4. The highest BCUT2D eigenvalue weighted by atomic mass is 16.5. The summed E-state index contributed by atoms with van der Waals surface area (Å²) in [5, 5.41) is 16.0. The van der Waals surface area contributed by atoms with Gasteiger partial charge in [-0.15, -0.1) is 0 Å². The summed E-state index contributed by atoms with van der Waals surface area (Å²) < 4.78 is 5.32. The molecule has 1 rings (SSSR count). The van der Waals surface area contributed by atoms with Crippen molar-refractivity contribution in [2.75, 3.05) is 19.7 Å². The summed E-state index contributed by atoms with van der Waals surface area (Å²) in [6.07, 6.45) is 1.38. The topological polar surface area (TPSA) is 70.6 Å². The SMILES string of the molecule is CCCNC(=O)CCNCc1cccc(OCC)c1O. The molecular formula is C15H24N2O3. The van der Waals surface area contributed by atoms with Gasteiger partial charge in [-0.3, -0.25) is 4.79 Å². The molecule has 1 aromatic rings. The number of carbonyl (C=O) groups is 1. The van der Waals surface area contributed by atoms with Gasteiger partial charge in [0.2, 0.25) is 5.91 Å². The summed E-state index contributed by atoms with van der Waals surface area (Å²) in [6, 6.07) is 5.41. The Hall–Kier alpha value is -1.75. The number of phenols is 1. The molecule has 0 bridgehead atoms. The molecule has 5 heteroatoms. The Balaban J connectivity index is 2.35. The van der Waals surface area contributed by atoms with Crippen LogP contribution in [0.25, 0.3) is 0 Å². The molecule has 3 N–H and O–H groups in total. The molecule has 1 amide bonds. The Kier molecular flexibility index (Phi) is 7.50. The van der Waals surface area contributed by atoms with E-state index < -0.39 is 0 Å². The van der Waals surface area contributed by atoms with E-state index in [4.69, 9.17) is 4.74 Å². The van der Waals surface area contributed by atoms with Crippen molar-refractivity contribution in [3.8, 4) is 11.5 Å². The molecule has 0 aliphatic carbocycles. The molecule has 0 saturated heterocycles. The van der Waals surface area contributed by atoms with Crippen molar-refractivity contribution in [3.05, 3.63) is 23.8 Å². The lowest BCUT2D eigenvalue weighted by Gasteiger charge is -2.11. The third-order valence-corrected chi connectivity index (χ3v) is 2.80. The van der Waals surface area contributed by atoms with Crippen LogP contribution in [0.4, 0.5) is 0 Å². The van der Waals surface area contributed by atoms with Crippen molar-refractivity contribution in [2.45, 2.75) is 33.2 Å².